The smallest absolute Gasteiger partial charge is 0.312 e. The van der Waals surface area contributed by atoms with E-state index in [1.165, 1.54) is 5.56 Å². The number of nitrogens with one attached hydrogen (secondary N) is 1. The number of rotatable bonds is 5. The number of carbonyl (C=O) groups excluding carboxylic acids is 2. The SMILES string of the molecule is COCCNC(=O)C(=O)N1CCN(c2nc(-c3ccccc3)c3c(c2C#N)CCC3)CC1. The van der Waals surface area contributed by atoms with E-state index in [2.05, 4.69) is 28.4 Å². The first-order valence-electron chi connectivity index (χ1n) is 11.0. The van der Waals surface area contributed by atoms with E-state index in [0.717, 1.165) is 36.1 Å². The molecule has 1 aromatic carbocycles. The van der Waals surface area contributed by atoms with Crippen LogP contribution in [-0.2, 0) is 27.2 Å². The van der Waals surface area contributed by atoms with Gasteiger partial charge in [0.2, 0.25) is 0 Å². The van der Waals surface area contributed by atoms with Gasteiger partial charge in [0.15, 0.2) is 0 Å². The Morgan fingerprint density at radius 1 is 1.12 bits per heavy atom. The fraction of sp³-hybridized carbons (Fsp3) is 0.417. The van der Waals surface area contributed by atoms with Crippen LogP contribution >= 0.6 is 0 Å². The molecule has 1 saturated heterocycles. The number of piperazine rings is 1. The van der Waals surface area contributed by atoms with Crippen LogP contribution in [0.25, 0.3) is 11.3 Å². The maximum absolute atomic E-state index is 12.4. The van der Waals surface area contributed by atoms with E-state index in [1.54, 1.807) is 12.0 Å². The number of hydrogen-bond donors (Lipinski definition) is 1. The molecule has 1 aliphatic carbocycles. The number of aromatic nitrogens is 1. The van der Waals surface area contributed by atoms with Crippen molar-refractivity contribution >= 4 is 17.6 Å². The van der Waals surface area contributed by atoms with E-state index in [-0.39, 0.29) is 0 Å². The molecule has 8 heteroatoms. The van der Waals surface area contributed by atoms with Crippen molar-refractivity contribution in [1.29, 1.82) is 5.26 Å². The average Bonchev–Trinajstić information content (AvgIpc) is 3.33. The van der Waals surface area contributed by atoms with Gasteiger partial charge in [-0.15, -0.1) is 0 Å². The minimum Gasteiger partial charge on any atom is -0.383 e. The summed E-state index contributed by atoms with van der Waals surface area (Å²) < 4.78 is 4.90. The lowest BCUT2D eigenvalue weighted by molar-refractivity contribution is -0.146. The van der Waals surface area contributed by atoms with Crippen molar-refractivity contribution in [2.75, 3.05) is 51.3 Å². The van der Waals surface area contributed by atoms with Crippen LogP contribution in [0, 0.1) is 11.3 Å². The lowest BCUT2D eigenvalue weighted by atomic mass is 9.98. The Hall–Kier alpha value is -3.44. The van der Waals surface area contributed by atoms with E-state index in [0.29, 0.717) is 50.7 Å². The molecule has 0 spiro atoms. The van der Waals surface area contributed by atoms with E-state index >= 15 is 0 Å². The molecule has 0 bridgehead atoms. The molecule has 1 aliphatic heterocycles. The van der Waals surface area contributed by atoms with Crippen LogP contribution < -0.4 is 10.2 Å². The fourth-order valence-electron chi connectivity index (χ4n) is 4.43. The number of nitriles is 1. The van der Waals surface area contributed by atoms with Gasteiger partial charge in [-0.25, -0.2) is 4.98 Å². The van der Waals surface area contributed by atoms with Gasteiger partial charge in [0.25, 0.3) is 0 Å². The van der Waals surface area contributed by atoms with E-state index < -0.39 is 11.8 Å². The van der Waals surface area contributed by atoms with E-state index in [4.69, 9.17) is 9.72 Å². The number of ether oxygens (including phenoxy) is 1. The molecule has 2 aromatic rings. The number of methoxy groups -OCH3 is 1. The molecule has 2 heterocycles. The van der Waals surface area contributed by atoms with Crippen molar-refractivity contribution in [3.63, 3.8) is 0 Å². The van der Waals surface area contributed by atoms with Gasteiger partial charge in [-0.05, 0) is 30.4 Å². The molecular weight excluding hydrogens is 406 g/mol. The highest BCUT2D eigenvalue weighted by Crippen LogP contribution is 2.37. The zero-order valence-electron chi connectivity index (χ0n) is 18.3. The third-order valence-corrected chi connectivity index (χ3v) is 6.06. The standard InChI is InChI=1S/C24H27N5O3/c1-32-15-10-26-23(30)24(31)29-13-11-28(12-14-29)22-20(16-25)18-8-5-9-19(18)21(27-22)17-6-3-2-4-7-17/h2-4,6-7H,5,8-15H2,1H3,(H,26,30). The van der Waals surface area contributed by atoms with Crippen LogP contribution in [0.1, 0.15) is 23.1 Å². The molecule has 4 rings (SSSR count). The maximum atomic E-state index is 12.4. The summed E-state index contributed by atoms with van der Waals surface area (Å²) >= 11 is 0. The number of nitrogens with zero attached hydrogens (tertiary/aromatic N) is 4. The van der Waals surface area contributed by atoms with Crippen LogP contribution in [0.3, 0.4) is 0 Å². The Labute approximate surface area is 187 Å². The molecule has 166 valence electrons. The quantitative estimate of drug-likeness (QED) is 0.567. The number of carbonyl (C=O) groups is 2. The van der Waals surface area contributed by atoms with Crippen molar-refractivity contribution in [2.45, 2.75) is 19.3 Å². The monoisotopic (exact) mass is 433 g/mol. The van der Waals surface area contributed by atoms with Crippen molar-refractivity contribution in [2.24, 2.45) is 0 Å². The van der Waals surface area contributed by atoms with Crippen LogP contribution in [0.2, 0.25) is 0 Å². The highest BCUT2D eigenvalue weighted by molar-refractivity contribution is 6.35. The number of fused-ring (bicyclic) bond motifs is 1. The summed E-state index contributed by atoms with van der Waals surface area (Å²) in [5.41, 5.74) is 4.93. The molecule has 2 amide bonds. The van der Waals surface area contributed by atoms with Crippen LogP contribution in [0.15, 0.2) is 30.3 Å². The average molecular weight is 434 g/mol. The predicted molar refractivity (Wildman–Crippen MR) is 120 cm³/mol. The highest BCUT2D eigenvalue weighted by Gasteiger charge is 2.30. The number of pyridine rings is 1. The van der Waals surface area contributed by atoms with Crippen LogP contribution in [-0.4, -0.2) is 68.1 Å². The number of hydrogen-bond acceptors (Lipinski definition) is 6. The number of anilines is 1. The Morgan fingerprint density at radius 2 is 1.84 bits per heavy atom. The molecule has 0 unspecified atom stereocenters. The van der Waals surface area contributed by atoms with Crippen molar-refractivity contribution in [3.8, 4) is 17.3 Å². The van der Waals surface area contributed by atoms with Gasteiger partial charge < -0.3 is 19.9 Å². The third kappa shape index (κ3) is 4.30. The second-order valence-electron chi connectivity index (χ2n) is 7.98. The van der Waals surface area contributed by atoms with Gasteiger partial charge in [-0.3, -0.25) is 9.59 Å². The van der Waals surface area contributed by atoms with Gasteiger partial charge in [0.1, 0.15) is 11.9 Å². The van der Waals surface area contributed by atoms with Crippen LogP contribution in [0.4, 0.5) is 5.82 Å². The minimum absolute atomic E-state index is 0.299. The Morgan fingerprint density at radius 3 is 2.53 bits per heavy atom. The largest absolute Gasteiger partial charge is 0.383 e. The molecule has 32 heavy (non-hydrogen) atoms. The van der Waals surface area contributed by atoms with Crippen molar-refractivity contribution in [1.82, 2.24) is 15.2 Å². The lowest BCUT2D eigenvalue weighted by Crippen LogP contribution is -2.53. The lowest BCUT2D eigenvalue weighted by Gasteiger charge is -2.36. The second-order valence-corrected chi connectivity index (χ2v) is 7.98. The summed E-state index contributed by atoms with van der Waals surface area (Å²) in [6.45, 7) is 2.50. The van der Waals surface area contributed by atoms with Crippen molar-refractivity contribution < 1.29 is 14.3 Å². The first-order chi connectivity index (χ1) is 15.6. The fourth-order valence-corrected chi connectivity index (χ4v) is 4.43. The normalized spacial score (nSPS) is 15.2. The minimum atomic E-state index is -0.616. The molecule has 1 aromatic heterocycles. The molecular formula is C24H27N5O3. The van der Waals surface area contributed by atoms with Gasteiger partial charge in [-0.2, -0.15) is 5.26 Å². The Kier molecular flexibility index (Phi) is 6.66. The van der Waals surface area contributed by atoms with Gasteiger partial charge in [-0.1, -0.05) is 30.3 Å². The summed E-state index contributed by atoms with van der Waals surface area (Å²) in [6.07, 6.45) is 2.84. The van der Waals surface area contributed by atoms with Gasteiger partial charge in [0, 0.05) is 45.4 Å². The van der Waals surface area contributed by atoms with E-state index in [9.17, 15) is 14.9 Å². The summed E-state index contributed by atoms with van der Waals surface area (Å²) in [5, 5.41) is 12.5. The summed E-state index contributed by atoms with van der Waals surface area (Å²) in [7, 11) is 1.54. The second kappa shape index (κ2) is 9.79. The van der Waals surface area contributed by atoms with Gasteiger partial charge >= 0.3 is 11.8 Å². The molecule has 0 atom stereocenters. The molecule has 8 nitrogen and oxygen atoms in total. The Balaban J connectivity index is 1.54. The predicted octanol–water partition coefficient (Wildman–Crippen LogP) is 1.52. The van der Waals surface area contributed by atoms with Crippen LogP contribution in [0.5, 0.6) is 0 Å². The molecule has 1 N–H and O–H groups in total. The first kappa shape index (κ1) is 21.8. The van der Waals surface area contributed by atoms with Gasteiger partial charge in [0.05, 0.1) is 17.9 Å². The maximum Gasteiger partial charge on any atom is 0.312 e. The number of benzene rings is 1. The Bertz CT molecular complexity index is 1040. The number of amides is 2. The summed E-state index contributed by atoms with van der Waals surface area (Å²) in [6, 6.07) is 12.5. The first-order valence-corrected chi connectivity index (χ1v) is 11.0. The molecule has 2 aliphatic rings. The summed E-state index contributed by atoms with van der Waals surface area (Å²) in [4.78, 5) is 33.1. The van der Waals surface area contributed by atoms with E-state index in [1.807, 2.05) is 18.2 Å². The topological polar surface area (TPSA) is 98.6 Å². The zero-order valence-corrected chi connectivity index (χ0v) is 18.3. The third-order valence-electron chi connectivity index (χ3n) is 6.06. The van der Waals surface area contributed by atoms with Crippen molar-refractivity contribution in [3.05, 3.63) is 47.0 Å². The molecule has 0 saturated carbocycles. The zero-order chi connectivity index (χ0) is 22.5. The molecule has 0 radical (unpaired) electrons. The molecule has 1 fully saturated rings. The highest BCUT2D eigenvalue weighted by atomic mass is 16.5. The summed E-state index contributed by atoms with van der Waals surface area (Å²) in [5.74, 6) is -0.466.